The number of ether oxygens (including phenoxy) is 1. The van der Waals surface area contributed by atoms with E-state index in [1.54, 1.807) is 19.1 Å². The fourth-order valence-corrected chi connectivity index (χ4v) is 1.34. The zero-order valence-corrected chi connectivity index (χ0v) is 8.77. The maximum absolute atomic E-state index is 11.6. The second-order valence-electron chi connectivity index (χ2n) is 3.07. The van der Waals surface area contributed by atoms with Crippen LogP contribution in [0.1, 0.15) is 18.8 Å². The number of oxazole rings is 1. The minimum Gasteiger partial charge on any atom is -0.461 e. The van der Waals surface area contributed by atoms with E-state index >= 15 is 0 Å². The average molecular weight is 218 g/mol. The molecule has 0 bridgehead atoms. The lowest BCUT2D eigenvalue weighted by Crippen LogP contribution is -2.06. The first-order valence-corrected chi connectivity index (χ1v) is 4.92. The number of esters is 1. The van der Waals surface area contributed by atoms with E-state index in [0.717, 1.165) is 0 Å². The molecule has 82 valence electrons. The van der Waals surface area contributed by atoms with E-state index in [4.69, 9.17) is 10.5 Å². The molecule has 0 aliphatic rings. The van der Waals surface area contributed by atoms with Gasteiger partial charge in [-0.25, -0.2) is 9.78 Å². The lowest BCUT2D eigenvalue weighted by atomic mass is 10.1. The molecule has 0 saturated carbocycles. The molecule has 0 radical (unpaired) electrons. The van der Waals surface area contributed by atoms with Crippen LogP contribution in [0.25, 0.3) is 11.3 Å². The molecule has 0 saturated heterocycles. The summed E-state index contributed by atoms with van der Waals surface area (Å²) < 4.78 is 17.3. The fourth-order valence-electron chi connectivity index (χ4n) is 1.34. The lowest BCUT2D eigenvalue weighted by molar-refractivity contribution is 0.0520. The number of carbonyl (C=O) groups is 1. The van der Waals surface area contributed by atoms with Crippen LogP contribution in [0.15, 0.2) is 41.1 Å². The molecule has 0 aliphatic heterocycles. The molecular formula is C12H11NO3. The highest BCUT2D eigenvalue weighted by molar-refractivity contribution is 5.93. The van der Waals surface area contributed by atoms with E-state index in [2.05, 4.69) is 4.98 Å². The van der Waals surface area contributed by atoms with Crippen LogP contribution in [0.2, 0.25) is 0 Å². The molecule has 4 nitrogen and oxygen atoms in total. The summed E-state index contributed by atoms with van der Waals surface area (Å²) in [6.07, 6.45) is -0.299. The van der Waals surface area contributed by atoms with Gasteiger partial charge in [-0.3, -0.25) is 0 Å². The van der Waals surface area contributed by atoms with Gasteiger partial charge < -0.3 is 9.15 Å². The van der Waals surface area contributed by atoms with Gasteiger partial charge in [-0.15, -0.1) is 0 Å². The van der Waals surface area contributed by atoms with Gasteiger partial charge in [-0.2, -0.15) is 0 Å². The number of aromatic nitrogens is 1. The van der Waals surface area contributed by atoms with Gasteiger partial charge in [0.25, 0.3) is 0 Å². The molecule has 1 heterocycles. The molecule has 0 N–H and O–H groups in total. The minimum absolute atomic E-state index is 0.0445. The van der Waals surface area contributed by atoms with E-state index < -0.39 is 5.97 Å². The summed E-state index contributed by atoms with van der Waals surface area (Å²) in [4.78, 5) is 15.4. The molecule has 0 unspecified atom stereocenters. The highest BCUT2D eigenvalue weighted by atomic mass is 16.5. The van der Waals surface area contributed by atoms with Crippen molar-refractivity contribution in [2.45, 2.75) is 6.92 Å². The molecule has 2 rings (SSSR count). The Hall–Kier alpha value is -2.10. The van der Waals surface area contributed by atoms with Crippen molar-refractivity contribution < 1.29 is 15.3 Å². The lowest BCUT2D eigenvalue weighted by Gasteiger charge is -2.00. The predicted octanol–water partition coefficient (Wildman–Crippen LogP) is 2.52. The second kappa shape index (κ2) is 4.61. The Labute approximate surface area is 94.3 Å². The van der Waals surface area contributed by atoms with Crippen molar-refractivity contribution in [1.29, 1.82) is 0 Å². The van der Waals surface area contributed by atoms with Crippen LogP contribution >= 0.6 is 0 Å². The number of nitrogens with zero attached hydrogens (tertiary/aromatic N) is 1. The molecule has 0 amide bonds. The Kier molecular flexibility index (Phi) is 2.64. The van der Waals surface area contributed by atoms with Crippen LogP contribution in [0.3, 0.4) is 0 Å². The first-order valence-electron chi connectivity index (χ1n) is 5.42. The summed E-state index contributed by atoms with van der Waals surface area (Å²) in [6.45, 7) is 1.97. The van der Waals surface area contributed by atoms with Crippen molar-refractivity contribution >= 4 is 5.97 Å². The van der Waals surface area contributed by atoms with Gasteiger partial charge in [0.15, 0.2) is 17.8 Å². The molecule has 0 aliphatic carbocycles. The van der Waals surface area contributed by atoms with Gasteiger partial charge in [0, 0.05) is 5.56 Å². The Morgan fingerprint density at radius 2 is 2.25 bits per heavy atom. The van der Waals surface area contributed by atoms with Crippen molar-refractivity contribution in [3.05, 3.63) is 42.4 Å². The van der Waals surface area contributed by atoms with E-state index in [-0.39, 0.29) is 24.4 Å². The van der Waals surface area contributed by atoms with Gasteiger partial charge in [0.1, 0.15) is 1.37 Å². The highest BCUT2D eigenvalue weighted by Crippen LogP contribution is 2.23. The highest BCUT2D eigenvalue weighted by Gasteiger charge is 2.18. The normalized spacial score (nSPS) is 10.9. The summed E-state index contributed by atoms with van der Waals surface area (Å²) in [6, 6.07) is 9.05. The summed E-state index contributed by atoms with van der Waals surface area (Å²) in [7, 11) is 0. The molecule has 0 atom stereocenters. The van der Waals surface area contributed by atoms with Crippen molar-refractivity contribution in [1.82, 2.24) is 4.98 Å². The Morgan fingerprint density at radius 1 is 1.50 bits per heavy atom. The maximum atomic E-state index is 11.6. The van der Waals surface area contributed by atoms with Crippen LogP contribution in [0.5, 0.6) is 0 Å². The van der Waals surface area contributed by atoms with Crippen molar-refractivity contribution in [3.8, 4) is 11.3 Å². The van der Waals surface area contributed by atoms with Gasteiger partial charge in [0.2, 0.25) is 0 Å². The molecule has 1 aromatic heterocycles. The smallest absolute Gasteiger partial charge is 0.360 e. The predicted molar refractivity (Wildman–Crippen MR) is 57.9 cm³/mol. The van der Waals surface area contributed by atoms with Gasteiger partial charge in [-0.1, -0.05) is 30.3 Å². The van der Waals surface area contributed by atoms with E-state index in [0.29, 0.717) is 5.56 Å². The summed E-state index contributed by atoms with van der Waals surface area (Å²) in [5, 5.41) is 0. The number of hydrogen-bond acceptors (Lipinski definition) is 4. The van der Waals surface area contributed by atoms with Crippen molar-refractivity contribution in [2.75, 3.05) is 6.61 Å². The zero-order chi connectivity index (χ0) is 12.3. The van der Waals surface area contributed by atoms with Crippen LogP contribution < -0.4 is 0 Å². The van der Waals surface area contributed by atoms with Crippen molar-refractivity contribution in [3.63, 3.8) is 0 Å². The van der Waals surface area contributed by atoms with Crippen LogP contribution in [-0.2, 0) is 4.74 Å². The maximum Gasteiger partial charge on any atom is 0.360 e. The zero-order valence-electron chi connectivity index (χ0n) is 9.77. The quantitative estimate of drug-likeness (QED) is 0.743. The monoisotopic (exact) mass is 218 g/mol. The van der Waals surface area contributed by atoms with Gasteiger partial charge in [0.05, 0.1) is 6.61 Å². The molecule has 16 heavy (non-hydrogen) atoms. The van der Waals surface area contributed by atoms with Crippen LogP contribution in [0, 0.1) is 0 Å². The number of rotatable bonds is 3. The first kappa shape index (κ1) is 9.15. The van der Waals surface area contributed by atoms with Gasteiger partial charge >= 0.3 is 5.97 Å². The van der Waals surface area contributed by atoms with E-state index in [1.165, 1.54) is 0 Å². The molecule has 4 heteroatoms. The topological polar surface area (TPSA) is 52.3 Å². The average Bonchev–Trinajstić information content (AvgIpc) is 2.73. The third-order valence-corrected chi connectivity index (χ3v) is 2.02. The largest absolute Gasteiger partial charge is 0.461 e. The Bertz CT molecular complexity index is 522. The minimum atomic E-state index is -0.575. The second-order valence-corrected chi connectivity index (χ2v) is 3.07. The van der Waals surface area contributed by atoms with E-state index in [1.807, 2.05) is 18.2 Å². The number of hydrogen-bond donors (Lipinski definition) is 0. The molecule has 2 aromatic rings. The first-order chi connectivity index (χ1) is 8.22. The third kappa shape index (κ3) is 1.95. The molecular weight excluding hydrogens is 206 g/mol. The summed E-state index contributed by atoms with van der Waals surface area (Å²) in [5.41, 5.74) is 0.740. The van der Waals surface area contributed by atoms with E-state index in [9.17, 15) is 4.79 Å². The molecule has 0 fully saturated rings. The third-order valence-electron chi connectivity index (χ3n) is 2.02. The summed E-state index contributed by atoms with van der Waals surface area (Å²) >= 11 is 0. The van der Waals surface area contributed by atoms with Gasteiger partial charge in [-0.05, 0) is 6.92 Å². The molecule has 1 aromatic carbocycles. The summed E-state index contributed by atoms with van der Waals surface area (Å²) in [5.74, 6) is -0.303. The Morgan fingerprint density at radius 3 is 2.94 bits per heavy atom. The molecule has 0 spiro atoms. The standard InChI is InChI=1S/C12H11NO3/c1-2-15-12(14)10-11(16-8-13-10)9-6-4-3-5-7-9/h3-8H,2H2,1H3/i8D. The number of carbonyl (C=O) groups excluding carboxylic acids is 1. The van der Waals surface area contributed by atoms with Crippen LogP contribution in [-0.4, -0.2) is 17.6 Å². The van der Waals surface area contributed by atoms with Crippen molar-refractivity contribution in [2.24, 2.45) is 0 Å². The SMILES string of the molecule is [2H]c1nc(C(=O)OCC)c(-c2ccccc2)o1. The Balaban J connectivity index is 2.44. The van der Waals surface area contributed by atoms with Crippen LogP contribution in [0.4, 0.5) is 0 Å². The fraction of sp³-hybridized carbons (Fsp3) is 0.167. The number of benzene rings is 1.